The Morgan fingerprint density at radius 1 is 0.792 bits per heavy atom. The maximum Gasteiger partial charge on any atom is 0.342 e. The average molecular weight is 1140 g/mol. The van der Waals surface area contributed by atoms with Crippen molar-refractivity contribution in [3.63, 3.8) is 0 Å². The number of aliphatic hydroxyl groups is 1. The molecule has 2 aliphatic heterocycles. The van der Waals surface area contributed by atoms with Crippen molar-refractivity contribution >= 4 is 48.8 Å². The number of rotatable bonds is 27. The zero-order chi connectivity index (χ0) is 59.2. The largest absolute Gasteiger partial charge is 0.542 e. The number of benzene rings is 1. The molecule has 0 bridgehead atoms. The van der Waals surface area contributed by atoms with Crippen molar-refractivity contribution in [2.45, 2.75) is 278 Å². The molecule has 0 aliphatic carbocycles. The van der Waals surface area contributed by atoms with Crippen LogP contribution in [-0.2, 0) is 53.3 Å². The molecule has 0 saturated carbocycles. The van der Waals surface area contributed by atoms with Crippen LogP contribution < -0.4 is 14.5 Å². The number of carbonyl (C=O) groups excluding carboxylic acids is 4. The minimum absolute atomic E-state index is 0.0775. The Bertz CT molecular complexity index is 2090. The number of nitrogens with one attached hydrogen (secondary N) is 1. The number of hydrogen-bond acceptors (Lipinski definition) is 14. The van der Waals surface area contributed by atoms with Crippen molar-refractivity contribution in [2.75, 3.05) is 20.8 Å². The van der Waals surface area contributed by atoms with E-state index in [4.69, 9.17) is 41.7 Å². The fourth-order valence-corrected chi connectivity index (χ4v) is 24.9. The van der Waals surface area contributed by atoms with Crippen molar-refractivity contribution in [3.05, 3.63) is 22.8 Å². The van der Waals surface area contributed by atoms with Gasteiger partial charge in [-0.1, -0.05) is 132 Å². The lowest BCUT2D eigenvalue weighted by molar-refractivity contribution is -0.216. The lowest BCUT2D eigenvalue weighted by atomic mass is 9.72. The van der Waals surface area contributed by atoms with E-state index in [1.165, 1.54) is 13.8 Å². The molecule has 2 heterocycles. The predicted octanol–water partition coefficient (Wildman–Crippen LogP) is 12.8. The number of carbonyl (C=O) groups is 4. The highest BCUT2D eigenvalue weighted by Gasteiger charge is 2.55. The Hall–Kier alpha value is -2.69. The number of esters is 3. The summed E-state index contributed by atoms with van der Waals surface area (Å²) in [5, 5.41) is 13.2. The predicted molar refractivity (Wildman–Crippen MR) is 312 cm³/mol. The van der Waals surface area contributed by atoms with Crippen LogP contribution in [0.4, 0.5) is 0 Å². The molecule has 1 fully saturated rings. The molecule has 2 N–H and O–H groups in total. The molecular weight excluding hydrogens is 1030 g/mol. The van der Waals surface area contributed by atoms with E-state index in [-0.39, 0.29) is 63.7 Å². The number of fused-ring (bicyclic) bond motifs is 1. The Kier molecular flexibility index (Phi) is 24.4. The maximum absolute atomic E-state index is 15.1. The Morgan fingerprint density at radius 3 is 1.77 bits per heavy atom. The van der Waals surface area contributed by atoms with E-state index in [1.807, 2.05) is 20.8 Å². The van der Waals surface area contributed by atoms with Gasteiger partial charge in [0.05, 0.1) is 18.3 Å². The standard InChI is InChI=1S/C59H107NO14Si3/c1-33(2)76(34(3)4,35(5)6)72-48-29-46(68-42(16)62)40(14)44-28-45(71-57(65)53(44)48)41(15)47(69-43(17)63)30-51-59(21,22)52(73-75(25,26)58(18,19)20)31-50(70-51)56(67-24)60-55(64)54(49(66-23)27-39(13)32-61)74-77(36(7)8,37(9)10)38(11)12/h29,33-39,41,45,47,49-52,54,56,61H,27-28,30-32H2,1-26H3,(H,60,64)/t39?,41-,45+,47-,49-,50-,51+,52+,54-,56-/m0/s1. The van der Waals surface area contributed by atoms with Crippen LogP contribution in [-0.4, -0.2) is 124 Å². The molecule has 3 rings (SSSR count). The summed E-state index contributed by atoms with van der Waals surface area (Å²) < 4.78 is 59.9. The van der Waals surface area contributed by atoms with Crippen LogP contribution in [0.1, 0.15) is 186 Å². The summed E-state index contributed by atoms with van der Waals surface area (Å²) in [4.78, 5) is 55.6. The second-order valence-electron chi connectivity index (χ2n) is 26.7. The van der Waals surface area contributed by atoms with Crippen molar-refractivity contribution < 1.29 is 66.0 Å². The van der Waals surface area contributed by atoms with Gasteiger partial charge in [0.25, 0.3) is 14.2 Å². The number of methoxy groups -OCH3 is 2. The highest BCUT2D eigenvalue weighted by molar-refractivity contribution is 6.78. The van der Waals surface area contributed by atoms with Crippen LogP contribution in [0.25, 0.3) is 0 Å². The Balaban J connectivity index is 2.22. The fourth-order valence-electron chi connectivity index (χ4n) is 12.6. The molecule has 77 heavy (non-hydrogen) atoms. The molecule has 1 amide bonds. The van der Waals surface area contributed by atoms with Gasteiger partial charge in [-0.3, -0.25) is 14.4 Å². The quantitative estimate of drug-likeness (QED) is 0.0367. The van der Waals surface area contributed by atoms with Crippen LogP contribution >= 0.6 is 0 Å². The average Bonchev–Trinajstić information content (AvgIpc) is 3.29. The second-order valence-corrected chi connectivity index (χ2v) is 42.2. The van der Waals surface area contributed by atoms with Crippen molar-refractivity contribution in [1.82, 2.24) is 5.32 Å². The number of aliphatic hydroxyl groups excluding tert-OH is 1. The van der Waals surface area contributed by atoms with Crippen LogP contribution in [0, 0.1) is 24.2 Å². The fraction of sp³-hybridized carbons (Fsp3) is 0.831. The maximum atomic E-state index is 15.1. The van der Waals surface area contributed by atoms with E-state index < -0.39 is 109 Å². The lowest BCUT2D eigenvalue weighted by Crippen LogP contribution is -2.63. The zero-order valence-corrected chi connectivity index (χ0v) is 55.6. The van der Waals surface area contributed by atoms with Gasteiger partial charge in [0.15, 0.2) is 20.6 Å². The molecule has 1 saturated heterocycles. The van der Waals surface area contributed by atoms with E-state index in [0.29, 0.717) is 41.0 Å². The van der Waals surface area contributed by atoms with Crippen LogP contribution in [0.3, 0.4) is 0 Å². The van der Waals surface area contributed by atoms with Gasteiger partial charge < -0.3 is 52.1 Å². The second kappa shape index (κ2) is 27.4. The van der Waals surface area contributed by atoms with E-state index in [1.54, 1.807) is 20.3 Å². The third-order valence-corrected chi connectivity index (χ3v) is 34.7. The molecule has 0 radical (unpaired) electrons. The van der Waals surface area contributed by atoms with Crippen LogP contribution in [0.2, 0.25) is 51.4 Å². The summed E-state index contributed by atoms with van der Waals surface area (Å²) in [6.45, 7) is 49.6. The zero-order valence-electron chi connectivity index (χ0n) is 52.6. The third kappa shape index (κ3) is 15.5. The molecule has 0 aromatic heterocycles. The number of hydrogen-bond donors (Lipinski definition) is 2. The molecule has 18 heteroatoms. The van der Waals surface area contributed by atoms with Crippen molar-refractivity contribution in [2.24, 2.45) is 17.3 Å². The van der Waals surface area contributed by atoms with E-state index in [0.717, 1.165) is 0 Å². The van der Waals surface area contributed by atoms with Gasteiger partial charge in [-0.2, -0.15) is 0 Å². The number of cyclic esters (lactones) is 1. The Morgan fingerprint density at radius 2 is 1.32 bits per heavy atom. The van der Waals surface area contributed by atoms with Gasteiger partial charge in [0, 0.05) is 71.3 Å². The van der Waals surface area contributed by atoms with Gasteiger partial charge in [-0.25, -0.2) is 4.79 Å². The molecule has 1 aromatic carbocycles. The number of ether oxygens (including phenoxy) is 6. The molecule has 15 nitrogen and oxygen atoms in total. The molecule has 10 atom stereocenters. The van der Waals surface area contributed by atoms with E-state index in [2.05, 4.69) is 136 Å². The van der Waals surface area contributed by atoms with Gasteiger partial charge >= 0.3 is 17.9 Å². The summed E-state index contributed by atoms with van der Waals surface area (Å²) in [7, 11) is -4.66. The first-order valence-electron chi connectivity index (χ1n) is 28.7. The minimum atomic E-state index is -2.69. The van der Waals surface area contributed by atoms with Gasteiger partial charge in [0.1, 0.15) is 35.4 Å². The summed E-state index contributed by atoms with van der Waals surface area (Å²) in [6.07, 6.45) is -4.91. The van der Waals surface area contributed by atoms with Gasteiger partial charge in [0.2, 0.25) is 8.32 Å². The highest BCUT2D eigenvalue weighted by atomic mass is 28.4. The lowest BCUT2D eigenvalue weighted by Gasteiger charge is -2.53. The molecule has 2 aliphatic rings. The molecular formula is C59H107NO14Si3. The SMILES string of the molecule is CO[C@@H](CC(C)CO)[C@H](O[Si](C(C)C)(C(C)C)C(C)C)C(=O)N[C@@H](OC)[C@@H]1C[C@@H](O[Si](C)(C)C(C)(C)C)C(C)(C)[C@@H](C[C@H](OC(C)=O)[C@@H](C)[C@H]2Cc3c(C)c(OC(C)=O)cc(O[Si](C(C)C)(C(C)C)C(C)C)c3C(=O)O2)O1. The summed E-state index contributed by atoms with van der Waals surface area (Å²) in [5.41, 5.74) is 1.98. The highest BCUT2D eigenvalue weighted by Crippen LogP contribution is 2.50. The van der Waals surface area contributed by atoms with E-state index in [9.17, 15) is 19.5 Å². The summed E-state index contributed by atoms with van der Waals surface area (Å²) >= 11 is 0. The van der Waals surface area contributed by atoms with Crippen LogP contribution in [0.5, 0.6) is 11.5 Å². The first kappa shape index (κ1) is 68.6. The molecule has 1 aromatic rings. The summed E-state index contributed by atoms with van der Waals surface area (Å²) in [5.74, 6) is -2.04. The Labute approximate surface area is 468 Å². The monoisotopic (exact) mass is 1140 g/mol. The van der Waals surface area contributed by atoms with E-state index >= 15 is 4.79 Å². The topological polar surface area (TPSA) is 184 Å². The molecule has 444 valence electrons. The first-order valence-corrected chi connectivity index (χ1v) is 35.9. The van der Waals surface area contributed by atoms with Crippen LogP contribution in [0.15, 0.2) is 6.07 Å². The third-order valence-electron chi connectivity index (χ3n) is 18.1. The smallest absolute Gasteiger partial charge is 0.342 e. The molecule has 1 unspecified atom stereocenters. The van der Waals surface area contributed by atoms with Gasteiger partial charge in [-0.05, 0) is 81.8 Å². The summed E-state index contributed by atoms with van der Waals surface area (Å²) in [6, 6.07) is 1.67. The minimum Gasteiger partial charge on any atom is -0.542 e. The normalized spacial score (nSPS) is 21.9. The number of amides is 1. The van der Waals surface area contributed by atoms with Crippen molar-refractivity contribution in [3.8, 4) is 11.5 Å². The van der Waals surface area contributed by atoms with Gasteiger partial charge in [-0.15, -0.1) is 0 Å². The molecule has 0 spiro atoms. The van der Waals surface area contributed by atoms with Crippen molar-refractivity contribution in [1.29, 1.82) is 0 Å². The first-order chi connectivity index (χ1) is 35.3.